The predicted octanol–water partition coefficient (Wildman–Crippen LogP) is 2.56. The van der Waals surface area contributed by atoms with Crippen LogP contribution in [0, 0.1) is 0 Å². The number of hydrogen-bond donors (Lipinski definition) is 1. The minimum absolute atomic E-state index is 0.304. The van der Waals surface area contributed by atoms with E-state index in [1.165, 1.54) is 4.57 Å². The Morgan fingerprint density at radius 2 is 1.64 bits per heavy atom. The van der Waals surface area contributed by atoms with Gasteiger partial charge in [-0.1, -0.05) is 23.7 Å². The number of imidazole rings is 1. The molecule has 0 saturated carbocycles. The number of H-pyrrole nitrogens is 1. The Labute approximate surface area is 129 Å². The smallest absolute Gasteiger partial charge is 0.341 e. The Kier molecular flexibility index (Phi) is 2.71. The summed E-state index contributed by atoms with van der Waals surface area (Å²) >= 11 is 5.86. The first-order chi connectivity index (χ1) is 10.7. The Bertz CT molecular complexity index is 1070. The Hall–Kier alpha value is -2.79. The molecule has 0 aromatic heterocycles. The molecule has 0 amide bonds. The van der Waals surface area contributed by atoms with Gasteiger partial charge in [0.2, 0.25) is 0 Å². The summed E-state index contributed by atoms with van der Waals surface area (Å²) in [7, 11) is 0. The Balaban J connectivity index is 2.15. The number of halogens is 1. The van der Waals surface area contributed by atoms with Gasteiger partial charge in [-0.05, 0) is 36.4 Å². The van der Waals surface area contributed by atoms with Crippen molar-refractivity contribution >= 4 is 22.6 Å². The van der Waals surface area contributed by atoms with Crippen molar-refractivity contribution < 1.29 is 0 Å². The fourth-order valence-electron chi connectivity index (χ4n) is 2.61. The van der Waals surface area contributed by atoms with E-state index < -0.39 is 5.69 Å². The summed E-state index contributed by atoms with van der Waals surface area (Å²) in [6.07, 6.45) is 1.55. The largest absolute Gasteiger partial charge is 0.358 e. The second kappa shape index (κ2) is 4.61. The van der Waals surface area contributed by atoms with Crippen LogP contribution < -0.4 is 11.2 Å². The average Bonchev–Trinajstić information content (AvgIpc) is 2.80. The summed E-state index contributed by atoms with van der Waals surface area (Å²) < 4.78 is 2.56. The van der Waals surface area contributed by atoms with Crippen molar-refractivity contribution in [2.45, 2.75) is 0 Å². The molecule has 0 unspecified atom stereocenters. The molecule has 6 heteroatoms. The minimum Gasteiger partial charge on any atom is -0.358 e. The fourth-order valence-corrected chi connectivity index (χ4v) is 2.74. The SMILES string of the molecule is O=c1c2c[nH]c3ccccc3n-2c(=O)n1-c1ccc(Cl)cc1. The molecule has 2 aliphatic heterocycles. The van der Waals surface area contributed by atoms with Crippen molar-refractivity contribution in [3.05, 3.63) is 80.6 Å². The highest BCUT2D eigenvalue weighted by molar-refractivity contribution is 6.30. The van der Waals surface area contributed by atoms with E-state index in [1.54, 1.807) is 36.5 Å². The third-order valence-corrected chi connectivity index (χ3v) is 3.89. The molecule has 0 spiro atoms. The molecule has 0 aliphatic carbocycles. The van der Waals surface area contributed by atoms with Gasteiger partial charge in [0.05, 0.1) is 16.7 Å². The van der Waals surface area contributed by atoms with Crippen molar-refractivity contribution in [2.75, 3.05) is 0 Å². The molecule has 0 saturated heterocycles. The number of para-hydroxylation sites is 2. The van der Waals surface area contributed by atoms with Crippen LogP contribution in [0.1, 0.15) is 0 Å². The highest BCUT2D eigenvalue weighted by atomic mass is 35.5. The normalized spacial score (nSPS) is 11.3. The Morgan fingerprint density at radius 1 is 0.909 bits per heavy atom. The molecule has 0 radical (unpaired) electrons. The summed E-state index contributed by atoms with van der Waals surface area (Å²) in [6.45, 7) is 0. The van der Waals surface area contributed by atoms with Gasteiger partial charge in [-0.25, -0.2) is 9.36 Å². The van der Waals surface area contributed by atoms with Crippen LogP contribution in [0.5, 0.6) is 0 Å². The number of benzene rings is 2. The minimum atomic E-state index is -0.396. The number of hydrogen-bond acceptors (Lipinski definition) is 2. The number of aromatic nitrogens is 3. The van der Waals surface area contributed by atoms with E-state index in [9.17, 15) is 9.59 Å². The topological polar surface area (TPSA) is 59.8 Å². The number of nitrogens with one attached hydrogen (secondary N) is 1. The molecule has 0 bridgehead atoms. The lowest BCUT2D eigenvalue weighted by molar-refractivity contribution is 0.921. The molecule has 2 aromatic carbocycles. The molecule has 108 valence electrons. The van der Waals surface area contributed by atoms with Gasteiger partial charge < -0.3 is 4.98 Å². The van der Waals surface area contributed by atoms with E-state index in [0.717, 1.165) is 10.1 Å². The quantitative estimate of drug-likeness (QED) is 0.587. The molecule has 22 heavy (non-hydrogen) atoms. The van der Waals surface area contributed by atoms with Gasteiger partial charge in [0.25, 0.3) is 5.56 Å². The predicted molar refractivity (Wildman–Crippen MR) is 85.7 cm³/mol. The number of fused-ring (bicyclic) bond motifs is 3. The van der Waals surface area contributed by atoms with Crippen LogP contribution in [0.2, 0.25) is 5.02 Å². The third-order valence-electron chi connectivity index (χ3n) is 3.64. The van der Waals surface area contributed by atoms with Crippen molar-refractivity contribution in [1.29, 1.82) is 0 Å². The summed E-state index contributed by atoms with van der Waals surface area (Å²) in [4.78, 5) is 28.3. The lowest BCUT2D eigenvalue weighted by Gasteiger charge is -2.05. The number of aromatic amines is 1. The van der Waals surface area contributed by atoms with Crippen LogP contribution in [0.4, 0.5) is 0 Å². The maximum Gasteiger partial charge on any atom is 0.341 e. The van der Waals surface area contributed by atoms with Crippen LogP contribution in [0.15, 0.2) is 64.3 Å². The zero-order valence-corrected chi connectivity index (χ0v) is 12.0. The second-order valence-corrected chi connectivity index (χ2v) is 5.36. The molecule has 4 rings (SSSR count). The molecule has 0 atom stereocenters. The lowest BCUT2D eigenvalue weighted by Crippen LogP contribution is -2.25. The molecule has 2 aliphatic rings. The zero-order valence-electron chi connectivity index (χ0n) is 11.3. The van der Waals surface area contributed by atoms with Crippen LogP contribution in [-0.2, 0) is 0 Å². The second-order valence-electron chi connectivity index (χ2n) is 4.93. The van der Waals surface area contributed by atoms with Crippen molar-refractivity contribution in [3.63, 3.8) is 0 Å². The van der Waals surface area contributed by atoms with E-state index >= 15 is 0 Å². The van der Waals surface area contributed by atoms with E-state index in [0.29, 0.717) is 21.9 Å². The van der Waals surface area contributed by atoms with E-state index in [-0.39, 0.29) is 5.56 Å². The van der Waals surface area contributed by atoms with Crippen LogP contribution in [0.3, 0.4) is 0 Å². The zero-order chi connectivity index (χ0) is 15.3. The molecular weight excluding hydrogens is 302 g/mol. The van der Waals surface area contributed by atoms with Gasteiger partial charge in [-0.2, -0.15) is 0 Å². The van der Waals surface area contributed by atoms with E-state index in [4.69, 9.17) is 11.6 Å². The van der Waals surface area contributed by atoms with E-state index in [2.05, 4.69) is 4.98 Å². The first kappa shape index (κ1) is 12.9. The highest BCUT2D eigenvalue weighted by Gasteiger charge is 2.20. The van der Waals surface area contributed by atoms with Gasteiger partial charge in [0.1, 0.15) is 5.69 Å². The number of nitrogens with zero attached hydrogens (tertiary/aromatic N) is 2. The van der Waals surface area contributed by atoms with Crippen LogP contribution >= 0.6 is 11.6 Å². The monoisotopic (exact) mass is 311 g/mol. The maximum absolute atomic E-state index is 12.7. The first-order valence-electron chi connectivity index (χ1n) is 6.66. The average molecular weight is 312 g/mol. The fraction of sp³-hybridized carbons (Fsp3) is 0. The van der Waals surface area contributed by atoms with Gasteiger partial charge in [-0.3, -0.25) is 9.36 Å². The van der Waals surface area contributed by atoms with Crippen molar-refractivity contribution in [1.82, 2.24) is 14.1 Å². The number of rotatable bonds is 1. The first-order valence-corrected chi connectivity index (χ1v) is 7.04. The van der Waals surface area contributed by atoms with Crippen molar-refractivity contribution in [2.24, 2.45) is 0 Å². The van der Waals surface area contributed by atoms with Gasteiger partial charge in [0.15, 0.2) is 0 Å². The summed E-state index contributed by atoms with van der Waals surface area (Å²) in [5, 5.41) is 0.548. The standard InChI is InChI=1S/C16H10ClN3O2/c17-10-5-7-11(8-6-10)19-15(21)14-9-18-12-3-1-2-4-13(12)20(14)16(19)22/h1-9,18H. The van der Waals surface area contributed by atoms with Gasteiger partial charge >= 0.3 is 5.69 Å². The highest BCUT2D eigenvalue weighted by Crippen LogP contribution is 2.16. The molecular formula is C16H10ClN3O2. The molecule has 5 nitrogen and oxygen atoms in total. The maximum atomic E-state index is 12.7. The molecule has 1 N–H and O–H groups in total. The molecule has 2 aromatic rings. The summed E-state index contributed by atoms with van der Waals surface area (Å²) in [5.74, 6) is 0. The summed E-state index contributed by atoms with van der Waals surface area (Å²) in [6, 6.07) is 13.9. The van der Waals surface area contributed by atoms with E-state index in [1.807, 2.05) is 18.2 Å². The van der Waals surface area contributed by atoms with Crippen LogP contribution in [0.25, 0.3) is 22.4 Å². The lowest BCUT2D eigenvalue weighted by atomic mass is 10.3. The van der Waals surface area contributed by atoms with Gasteiger partial charge in [0, 0.05) is 11.2 Å². The van der Waals surface area contributed by atoms with Gasteiger partial charge in [-0.15, -0.1) is 0 Å². The van der Waals surface area contributed by atoms with Crippen molar-refractivity contribution in [3.8, 4) is 11.4 Å². The third kappa shape index (κ3) is 1.72. The molecule has 0 fully saturated rings. The molecule has 2 heterocycles. The summed E-state index contributed by atoms with van der Waals surface area (Å²) in [5.41, 5.74) is 1.48. The Morgan fingerprint density at radius 3 is 2.41 bits per heavy atom. The van der Waals surface area contributed by atoms with Crippen LogP contribution in [-0.4, -0.2) is 14.1 Å².